The fourth-order valence-electron chi connectivity index (χ4n) is 6.17. The van der Waals surface area contributed by atoms with Gasteiger partial charge in [-0.1, -0.05) is 13.8 Å². The first-order valence-corrected chi connectivity index (χ1v) is 13.7. The standard InChI is InChI=1S/C27H49N3O7/c1-16-12-26(5,34-8)23(36-25-22(32)20(30(6)7)11-17(2)35-25)18(3)21(31)19(4)24(33)37-27(15-29-13-16)9-10-28-14-27/h16-20,22-23,25,28-29,32H,9-15H2,1-8H3/t16-,17-,18+,19?,20+,22-,23-,25+,26-,27?/m1/s1. The predicted octanol–water partition coefficient (Wildman–Crippen LogP) is 0.949. The van der Waals surface area contributed by atoms with Gasteiger partial charge in [-0.2, -0.15) is 0 Å². The highest BCUT2D eigenvalue weighted by molar-refractivity contribution is 6.00. The molecule has 10 atom stereocenters. The number of aliphatic hydroxyl groups excluding tert-OH is 1. The third-order valence-corrected chi connectivity index (χ3v) is 8.52. The zero-order valence-corrected chi connectivity index (χ0v) is 23.9. The van der Waals surface area contributed by atoms with Crippen molar-refractivity contribution in [3.05, 3.63) is 0 Å². The average Bonchev–Trinajstić information content (AvgIpc) is 3.30. The maximum atomic E-state index is 13.7. The average molecular weight is 528 g/mol. The van der Waals surface area contributed by atoms with Gasteiger partial charge in [-0.05, 0) is 66.7 Å². The van der Waals surface area contributed by atoms with Gasteiger partial charge in [0.15, 0.2) is 12.1 Å². The molecule has 0 aromatic rings. The summed E-state index contributed by atoms with van der Waals surface area (Å²) in [7, 11) is 5.45. The maximum Gasteiger partial charge on any atom is 0.316 e. The molecular weight excluding hydrogens is 478 g/mol. The van der Waals surface area contributed by atoms with Gasteiger partial charge in [0.05, 0.1) is 17.8 Å². The van der Waals surface area contributed by atoms with Crippen LogP contribution in [0.2, 0.25) is 0 Å². The Labute approximate surface area is 222 Å². The van der Waals surface area contributed by atoms with Crippen LogP contribution in [0.4, 0.5) is 0 Å². The number of methoxy groups -OCH3 is 1. The van der Waals surface area contributed by atoms with Crippen LogP contribution in [0, 0.1) is 17.8 Å². The van der Waals surface area contributed by atoms with Crippen LogP contribution < -0.4 is 10.6 Å². The van der Waals surface area contributed by atoms with Gasteiger partial charge >= 0.3 is 5.97 Å². The van der Waals surface area contributed by atoms with Gasteiger partial charge in [-0.15, -0.1) is 0 Å². The summed E-state index contributed by atoms with van der Waals surface area (Å²) in [4.78, 5) is 28.9. The zero-order valence-electron chi connectivity index (χ0n) is 23.9. The fourth-order valence-corrected chi connectivity index (χ4v) is 6.17. The monoisotopic (exact) mass is 527 g/mol. The topological polar surface area (TPSA) is 119 Å². The first-order valence-electron chi connectivity index (χ1n) is 13.7. The number of ketones is 1. The minimum atomic E-state index is -0.969. The summed E-state index contributed by atoms with van der Waals surface area (Å²) in [6.45, 7) is 11.9. The molecule has 10 nitrogen and oxygen atoms in total. The number of carbonyl (C=O) groups is 2. The number of hydrogen-bond donors (Lipinski definition) is 3. The van der Waals surface area contributed by atoms with Crippen LogP contribution in [0.3, 0.4) is 0 Å². The normalized spacial score (nSPS) is 44.8. The van der Waals surface area contributed by atoms with E-state index >= 15 is 0 Å². The number of esters is 1. The molecule has 3 rings (SSSR count). The second-order valence-corrected chi connectivity index (χ2v) is 12.0. The number of aliphatic hydroxyl groups is 1. The first kappa shape index (κ1) is 30.4. The number of rotatable bonds is 4. The molecule has 0 aromatic carbocycles. The number of hydrogen-bond acceptors (Lipinski definition) is 10. The van der Waals surface area contributed by atoms with Gasteiger partial charge in [-0.25, -0.2) is 0 Å². The second-order valence-electron chi connectivity index (χ2n) is 12.0. The summed E-state index contributed by atoms with van der Waals surface area (Å²) in [5, 5.41) is 17.9. The van der Waals surface area contributed by atoms with Crippen LogP contribution in [-0.2, 0) is 28.5 Å². The van der Waals surface area contributed by atoms with E-state index in [0.29, 0.717) is 38.9 Å². The molecule has 0 bridgehead atoms. The molecule has 3 aliphatic heterocycles. The molecule has 0 aliphatic carbocycles. The molecule has 214 valence electrons. The molecular formula is C27H49N3O7. The van der Waals surface area contributed by atoms with Gasteiger partial charge in [0.2, 0.25) is 0 Å². The minimum Gasteiger partial charge on any atom is -0.456 e. The third kappa shape index (κ3) is 6.90. The van der Waals surface area contributed by atoms with E-state index in [1.54, 1.807) is 21.0 Å². The Morgan fingerprint density at radius 1 is 1.11 bits per heavy atom. The molecule has 3 aliphatic rings. The Bertz CT molecular complexity index is 790. The molecule has 0 radical (unpaired) electrons. The molecule has 3 fully saturated rings. The Morgan fingerprint density at radius 2 is 1.78 bits per heavy atom. The van der Waals surface area contributed by atoms with E-state index < -0.39 is 47.5 Å². The van der Waals surface area contributed by atoms with Crippen LogP contribution >= 0.6 is 0 Å². The van der Waals surface area contributed by atoms with Crippen molar-refractivity contribution in [2.45, 2.75) is 95.7 Å². The molecule has 1 spiro atoms. The van der Waals surface area contributed by atoms with E-state index in [-0.39, 0.29) is 23.8 Å². The van der Waals surface area contributed by atoms with E-state index in [0.717, 1.165) is 6.54 Å². The molecule has 3 saturated heterocycles. The van der Waals surface area contributed by atoms with Gasteiger partial charge in [0, 0.05) is 38.6 Å². The van der Waals surface area contributed by atoms with E-state index in [1.165, 1.54) is 0 Å². The summed E-state index contributed by atoms with van der Waals surface area (Å²) in [5.74, 6) is -2.31. The molecule has 37 heavy (non-hydrogen) atoms. The third-order valence-electron chi connectivity index (χ3n) is 8.52. The second kappa shape index (κ2) is 12.4. The van der Waals surface area contributed by atoms with Crippen LogP contribution in [0.5, 0.6) is 0 Å². The Hall–Kier alpha value is -1.14. The van der Waals surface area contributed by atoms with Crippen molar-refractivity contribution in [2.24, 2.45) is 17.8 Å². The van der Waals surface area contributed by atoms with E-state index in [4.69, 9.17) is 18.9 Å². The van der Waals surface area contributed by atoms with Crippen molar-refractivity contribution in [1.82, 2.24) is 15.5 Å². The molecule has 0 aromatic heterocycles. The van der Waals surface area contributed by atoms with Crippen molar-refractivity contribution >= 4 is 11.8 Å². The quantitative estimate of drug-likeness (QED) is 0.360. The summed E-state index contributed by atoms with van der Waals surface area (Å²) in [5.41, 5.74) is -1.54. The predicted molar refractivity (Wildman–Crippen MR) is 139 cm³/mol. The van der Waals surface area contributed by atoms with Crippen LogP contribution in [0.25, 0.3) is 0 Å². The summed E-state index contributed by atoms with van der Waals surface area (Å²) in [6, 6.07) is -0.156. The van der Waals surface area contributed by atoms with Crippen molar-refractivity contribution in [3.63, 3.8) is 0 Å². The largest absolute Gasteiger partial charge is 0.456 e. The summed E-state index contributed by atoms with van der Waals surface area (Å²) < 4.78 is 24.6. The number of Topliss-reactive ketones (excluding diaryl/α,β-unsaturated/α-hetero) is 1. The Balaban J connectivity index is 1.94. The highest BCUT2D eigenvalue weighted by Gasteiger charge is 2.49. The molecule has 3 N–H and O–H groups in total. The summed E-state index contributed by atoms with van der Waals surface area (Å²) in [6.07, 6.45) is -0.790. The Morgan fingerprint density at radius 3 is 2.38 bits per heavy atom. The molecule has 2 unspecified atom stereocenters. The van der Waals surface area contributed by atoms with Crippen molar-refractivity contribution in [3.8, 4) is 0 Å². The summed E-state index contributed by atoms with van der Waals surface area (Å²) >= 11 is 0. The van der Waals surface area contributed by atoms with Crippen LogP contribution in [-0.4, -0.2) is 111 Å². The zero-order chi connectivity index (χ0) is 27.5. The van der Waals surface area contributed by atoms with Gasteiger partial charge < -0.3 is 39.6 Å². The van der Waals surface area contributed by atoms with Crippen molar-refractivity contribution < 1.29 is 33.6 Å². The lowest BCUT2D eigenvalue weighted by Gasteiger charge is -2.46. The van der Waals surface area contributed by atoms with Crippen molar-refractivity contribution in [2.75, 3.05) is 47.4 Å². The highest BCUT2D eigenvalue weighted by Crippen LogP contribution is 2.36. The SMILES string of the molecule is CO[C@]1(C)C[C@@H](C)CNCC2(CCNC2)OC(=O)C(C)C(=O)[C@H](C)[C@H]1O[C@@H]1O[C@H](C)C[C@H](N(C)C)[C@H]1O. The minimum absolute atomic E-state index is 0.136. The van der Waals surface area contributed by atoms with Gasteiger partial charge in [-0.3, -0.25) is 9.59 Å². The van der Waals surface area contributed by atoms with E-state index in [2.05, 4.69) is 17.6 Å². The number of nitrogens with zero attached hydrogens (tertiary/aromatic N) is 1. The van der Waals surface area contributed by atoms with E-state index in [9.17, 15) is 14.7 Å². The number of carbonyl (C=O) groups excluding carboxylic acids is 2. The number of nitrogens with one attached hydrogen (secondary N) is 2. The van der Waals surface area contributed by atoms with Gasteiger partial charge in [0.1, 0.15) is 17.6 Å². The fraction of sp³-hybridized carbons (Fsp3) is 0.926. The molecule has 0 amide bonds. The lowest BCUT2D eigenvalue weighted by Crippen LogP contribution is -2.59. The maximum absolute atomic E-state index is 13.7. The van der Waals surface area contributed by atoms with Crippen molar-refractivity contribution in [1.29, 1.82) is 0 Å². The molecule has 3 heterocycles. The van der Waals surface area contributed by atoms with Gasteiger partial charge in [0.25, 0.3) is 0 Å². The lowest BCUT2D eigenvalue weighted by atomic mass is 9.78. The first-order chi connectivity index (χ1) is 17.3. The number of likely N-dealkylation sites (N-methyl/N-ethyl adjacent to an activating group) is 1. The number of ether oxygens (including phenoxy) is 4. The van der Waals surface area contributed by atoms with Crippen LogP contribution in [0.15, 0.2) is 0 Å². The smallest absolute Gasteiger partial charge is 0.316 e. The molecule has 10 heteroatoms. The lowest BCUT2D eigenvalue weighted by molar-refractivity contribution is -0.295. The van der Waals surface area contributed by atoms with E-state index in [1.807, 2.05) is 32.8 Å². The van der Waals surface area contributed by atoms with Crippen LogP contribution in [0.1, 0.15) is 53.9 Å². The molecule has 0 saturated carbocycles. The highest BCUT2D eigenvalue weighted by atomic mass is 16.7. The Kier molecular flexibility index (Phi) is 10.2.